The largest absolute Gasteiger partial charge is 0.486 e. The summed E-state index contributed by atoms with van der Waals surface area (Å²) in [4.78, 5) is 12.2. The number of halogens is 1. The van der Waals surface area contributed by atoms with E-state index in [-0.39, 0.29) is 24.1 Å². The molecule has 1 aromatic heterocycles. The second-order valence-corrected chi connectivity index (χ2v) is 7.19. The number of rotatable bonds is 9. The molecule has 0 saturated heterocycles. The monoisotopic (exact) mass is 412 g/mol. The van der Waals surface area contributed by atoms with Gasteiger partial charge < -0.3 is 10.1 Å². The second-order valence-electron chi connectivity index (χ2n) is 6.24. The standard InChI is InChI=1S/C21H21FN4O2S/c1-3-12-26-19(13-28-18-10-6-16(22)7-11-18)24-25-21(26)29-14-20(27)23-17-8-4-15(2)5-9-17/h3-11H,1,12-14H2,2H3,(H,23,27). The van der Waals surface area contributed by atoms with Crippen LogP contribution in [0.4, 0.5) is 10.1 Å². The number of amides is 1. The molecule has 0 radical (unpaired) electrons. The summed E-state index contributed by atoms with van der Waals surface area (Å²) >= 11 is 1.29. The Hall–Kier alpha value is -3.13. The van der Waals surface area contributed by atoms with Crippen LogP contribution in [0.3, 0.4) is 0 Å². The minimum atomic E-state index is -0.324. The molecule has 8 heteroatoms. The first-order chi connectivity index (χ1) is 14.0. The Labute approximate surface area is 172 Å². The van der Waals surface area contributed by atoms with Gasteiger partial charge in [0.1, 0.15) is 18.2 Å². The van der Waals surface area contributed by atoms with Gasteiger partial charge in [-0.3, -0.25) is 9.36 Å². The molecule has 29 heavy (non-hydrogen) atoms. The van der Waals surface area contributed by atoms with Crippen LogP contribution >= 0.6 is 11.8 Å². The molecule has 0 bridgehead atoms. The fourth-order valence-corrected chi connectivity index (χ4v) is 3.25. The van der Waals surface area contributed by atoms with E-state index in [9.17, 15) is 9.18 Å². The Morgan fingerprint density at radius 1 is 1.21 bits per heavy atom. The van der Waals surface area contributed by atoms with Crippen molar-refractivity contribution >= 4 is 23.4 Å². The number of thioether (sulfide) groups is 1. The Bertz CT molecular complexity index is 971. The van der Waals surface area contributed by atoms with Crippen LogP contribution in [0.25, 0.3) is 0 Å². The molecule has 150 valence electrons. The number of carbonyl (C=O) groups is 1. The number of hydrogen-bond donors (Lipinski definition) is 1. The predicted molar refractivity (Wildman–Crippen MR) is 111 cm³/mol. The summed E-state index contributed by atoms with van der Waals surface area (Å²) < 4.78 is 20.5. The molecular formula is C21H21FN4O2S. The third-order valence-corrected chi connectivity index (χ3v) is 4.92. The molecule has 0 fully saturated rings. The molecule has 0 aliphatic rings. The third-order valence-electron chi connectivity index (χ3n) is 3.95. The average Bonchev–Trinajstić information content (AvgIpc) is 3.10. The number of nitrogens with one attached hydrogen (secondary N) is 1. The molecule has 2 aromatic carbocycles. The summed E-state index contributed by atoms with van der Waals surface area (Å²) in [7, 11) is 0. The summed E-state index contributed by atoms with van der Waals surface area (Å²) in [5, 5.41) is 11.8. The number of benzene rings is 2. The van der Waals surface area contributed by atoms with Crippen molar-refractivity contribution in [1.82, 2.24) is 14.8 Å². The zero-order chi connectivity index (χ0) is 20.6. The van der Waals surface area contributed by atoms with Crippen LogP contribution in [0.1, 0.15) is 11.4 Å². The maximum Gasteiger partial charge on any atom is 0.234 e. The molecule has 3 aromatic rings. The molecule has 1 heterocycles. The number of ether oxygens (including phenoxy) is 1. The van der Waals surface area contributed by atoms with Crippen molar-refractivity contribution in [1.29, 1.82) is 0 Å². The van der Waals surface area contributed by atoms with Gasteiger partial charge in [-0.05, 0) is 43.3 Å². The van der Waals surface area contributed by atoms with Crippen molar-refractivity contribution in [3.8, 4) is 5.75 Å². The number of aryl methyl sites for hydroxylation is 1. The molecule has 1 N–H and O–H groups in total. The van der Waals surface area contributed by atoms with E-state index in [2.05, 4.69) is 22.1 Å². The van der Waals surface area contributed by atoms with E-state index in [1.54, 1.807) is 18.2 Å². The lowest BCUT2D eigenvalue weighted by Gasteiger charge is -2.09. The summed E-state index contributed by atoms with van der Waals surface area (Å²) in [6.45, 7) is 6.40. The highest BCUT2D eigenvalue weighted by atomic mass is 32.2. The average molecular weight is 412 g/mol. The second kappa shape index (κ2) is 9.88. The smallest absolute Gasteiger partial charge is 0.234 e. The van der Waals surface area contributed by atoms with Gasteiger partial charge in [-0.15, -0.1) is 16.8 Å². The zero-order valence-electron chi connectivity index (χ0n) is 16.0. The number of allylic oxidation sites excluding steroid dienone is 1. The Balaban J connectivity index is 1.59. The fourth-order valence-electron chi connectivity index (χ4n) is 2.49. The topological polar surface area (TPSA) is 69.0 Å². The first-order valence-corrected chi connectivity index (χ1v) is 9.94. The van der Waals surface area contributed by atoms with Crippen LogP contribution in [-0.2, 0) is 17.9 Å². The van der Waals surface area contributed by atoms with Crippen LogP contribution in [0, 0.1) is 12.7 Å². The van der Waals surface area contributed by atoms with E-state index < -0.39 is 0 Å². The van der Waals surface area contributed by atoms with Gasteiger partial charge in [0.2, 0.25) is 5.91 Å². The van der Waals surface area contributed by atoms with Crippen molar-refractivity contribution in [2.75, 3.05) is 11.1 Å². The van der Waals surface area contributed by atoms with Crippen LogP contribution in [-0.4, -0.2) is 26.4 Å². The van der Waals surface area contributed by atoms with Gasteiger partial charge in [-0.25, -0.2) is 4.39 Å². The van der Waals surface area contributed by atoms with Gasteiger partial charge in [0.25, 0.3) is 0 Å². The van der Waals surface area contributed by atoms with E-state index >= 15 is 0 Å². The maximum absolute atomic E-state index is 13.0. The van der Waals surface area contributed by atoms with Crippen molar-refractivity contribution in [2.45, 2.75) is 25.2 Å². The third kappa shape index (κ3) is 5.92. The van der Waals surface area contributed by atoms with Crippen LogP contribution in [0.2, 0.25) is 0 Å². The first kappa shape index (κ1) is 20.6. The van der Waals surface area contributed by atoms with Gasteiger partial charge in [-0.2, -0.15) is 0 Å². The van der Waals surface area contributed by atoms with Gasteiger partial charge >= 0.3 is 0 Å². The number of aromatic nitrogens is 3. The first-order valence-electron chi connectivity index (χ1n) is 8.96. The molecule has 6 nitrogen and oxygen atoms in total. The number of hydrogen-bond acceptors (Lipinski definition) is 5. The lowest BCUT2D eigenvalue weighted by molar-refractivity contribution is -0.113. The SMILES string of the molecule is C=CCn1c(COc2ccc(F)cc2)nnc1SCC(=O)Nc1ccc(C)cc1. The van der Waals surface area contributed by atoms with E-state index in [1.165, 1.54) is 23.9 Å². The lowest BCUT2D eigenvalue weighted by atomic mass is 10.2. The summed E-state index contributed by atoms with van der Waals surface area (Å²) in [5.41, 5.74) is 1.88. The Morgan fingerprint density at radius 3 is 2.62 bits per heavy atom. The van der Waals surface area contributed by atoms with Gasteiger partial charge in [0.15, 0.2) is 11.0 Å². The minimum absolute atomic E-state index is 0.129. The van der Waals surface area contributed by atoms with Crippen molar-refractivity contribution in [3.63, 3.8) is 0 Å². The summed E-state index contributed by atoms with van der Waals surface area (Å²) in [5.74, 6) is 0.870. The maximum atomic E-state index is 13.0. The molecule has 1 amide bonds. The fraction of sp³-hybridized carbons (Fsp3) is 0.190. The van der Waals surface area contributed by atoms with Crippen LogP contribution < -0.4 is 10.1 Å². The molecule has 0 saturated carbocycles. The number of anilines is 1. The van der Waals surface area contributed by atoms with Crippen LogP contribution in [0.5, 0.6) is 5.75 Å². The molecule has 0 aliphatic carbocycles. The molecule has 3 rings (SSSR count). The molecule has 0 spiro atoms. The van der Waals surface area contributed by atoms with E-state index in [0.29, 0.717) is 23.3 Å². The highest BCUT2D eigenvalue weighted by Crippen LogP contribution is 2.20. The predicted octanol–water partition coefficient (Wildman–Crippen LogP) is 4.22. The summed E-state index contributed by atoms with van der Waals surface area (Å²) in [6, 6.07) is 13.4. The molecule has 0 unspecified atom stereocenters. The highest BCUT2D eigenvalue weighted by Gasteiger charge is 2.14. The Morgan fingerprint density at radius 2 is 1.93 bits per heavy atom. The van der Waals surface area contributed by atoms with Crippen molar-refractivity contribution in [2.24, 2.45) is 0 Å². The highest BCUT2D eigenvalue weighted by molar-refractivity contribution is 7.99. The van der Waals surface area contributed by atoms with Crippen LogP contribution in [0.15, 0.2) is 66.3 Å². The molecule has 0 aliphatic heterocycles. The van der Waals surface area contributed by atoms with Crippen molar-refractivity contribution in [3.05, 3.63) is 78.4 Å². The quantitative estimate of drug-likeness (QED) is 0.421. The van der Waals surface area contributed by atoms with Gasteiger partial charge in [0.05, 0.1) is 5.75 Å². The molecule has 0 atom stereocenters. The van der Waals surface area contributed by atoms with Gasteiger partial charge in [0, 0.05) is 12.2 Å². The van der Waals surface area contributed by atoms with Crippen molar-refractivity contribution < 1.29 is 13.9 Å². The van der Waals surface area contributed by atoms with E-state index in [1.807, 2.05) is 35.8 Å². The van der Waals surface area contributed by atoms with E-state index in [0.717, 1.165) is 11.3 Å². The lowest BCUT2D eigenvalue weighted by Crippen LogP contribution is -2.15. The summed E-state index contributed by atoms with van der Waals surface area (Å²) in [6.07, 6.45) is 1.72. The number of carbonyl (C=O) groups excluding carboxylic acids is 1. The minimum Gasteiger partial charge on any atom is -0.486 e. The van der Waals surface area contributed by atoms with Gasteiger partial charge in [-0.1, -0.05) is 35.5 Å². The molecular weight excluding hydrogens is 391 g/mol. The Kier molecular flexibility index (Phi) is 7.02. The number of nitrogens with zero attached hydrogens (tertiary/aromatic N) is 3. The van der Waals surface area contributed by atoms with E-state index in [4.69, 9.17) is 4.74 Å². The normalized spacial score (nSPS) is 10.6. The zero-order valence-corrected chi connectivity index (χ0v) is 16.8.